The number of carbonyl (C=O) groups is 1. The molecule has 0 bridgehead atoms. The number of anilines is 4. The summed E-state index contributed by atoms with van der Waals surface area (Å²) in [5.41, 5.74) is 1.88. The molecule has 1 heterocycles. The molecule has 0 saturated carbocycles. The summed E-state index contributed by atoms with van der Waals surface area (Å²) >= 11 is 0. The third-order valence-corrected chi connectivity index (χ3v) is 5.41. The van der Waals surface area contributed by atoms with Crippen LogP contribution in [0.3, 0.4) is 0 Å². The molecule has 2 aromatic carbocycles. The molecular formula is C19H20N6O3S. The first-order valence-corrected chi connectivity index (χ1v) is 10.1. The van der Waals surface area contributed by atoms with Gasteiger partial charge >= 0.3 is 0 Å². The molecule has 0 fully saturated rings. The lowest BCUT2D eigenvalue weighted by atomic mass is 10.2. The lowest BCUT2D eigenvalue weighted by Crippen LogP contribution is -2.18. The zero-order valence-electron chi connectivity index (χ0n) is 15.8. The molecule has 0 aliphatic heterocycles. The number of sulfonamides is 1. The van der Waals surface area contributed by atoms with Gasteiger partial charge in [-0.2, -0.15) is 0 Å². The Labute approximate surface area is 168 Å². The topological polar surface area (TPSA) is 125 Å². The molecule has 0 aliphatic carbocycles. The number of nitrogens with zero attached hydrogens (tertiary/aromatic N) is 2. The fourth-order valence-corrected chi connectivity index (χ4v) is 3.27. The Bertz CT molecular complexity index is 1120. The maximum atomic E-state index is 11.9. The molecule has 1 amide bonds. The van der Waals surface area contributed by atoms with Crippen molar-refractivity contribution < 1.29 is 13.2 Å². The van der Waals surface area contributed by atoms with Crippen LogP contribution in [0.5, 0.6) is 0 Å². The average molecular weight is 412 g/mol. The van der Waals surface area contributed by atoms with E-state index in [1.165, 1.54) is 25.5 Å². The van der Waals surface area contributed by atoms with E-state index in [1.54, 1.807) is 49.5 Å². The highest BCUT2D eigenvalue weighted by atomic mass is 32.2. The Hall–Kier alpha value is -3.50. The molecule has 29 heavy (non-hydrogen) atoms. The van der Waals surface area contributed by atoms with Crippen LogP contribution in [0.4, 0.5) is 23.0 Å². The molecule has 9 nitrogen and oxygen atoms in total. The molecule has 3 aromatic rings. The quantitative estimate of drug-likeness (QED) is 0.469. The maximum absolute atomic E-state index is 11.9. The minimum Gasteiger partial charge on any atom is -0.355 e. The molecule has 3 rings (SSSR count). The first-order valence-electron chi connectivity index (χ1n) is 8.63. The molecule has 4 N–H and O–H groups in total. The van der Waals surface area contributed by atoms with E-state index >= 15 is 0 Å². The molecule has 150 valence electrons. The number of amides is 1. The predicted molar refractivity (Wildman–Crippen MR) is 111 cm³/mol. The SMILES string of the molecule is CNC(=O)c1ccc(Nc2cc(Nc3cccc(S(=O)(=O)NC)c3)ncn2)cc1. The zero-order chi connectivity index (χ0) is 20.9. The van der Waals surface area contributed by atoms with E-state index in [1.807, 2.05) is 0 Å². The van der Waals surface area contributed by atoms with E-state index in [4.69, 9.17) is 0 Å². The van der Waals surface area contributed by atoms with Gasteiger partial charge in [-0.3, -0.25) is 4.79 Å². The van der Waals surface area contributed by atoms with Gasteiger partial charge in [0.1, 0.15) is 18.0 Å². The van der Waals surface area contributed by atoms with Crippen LogP contribution < -0.4 is 20.7 Å². The Kier molecular flexibility index (Phi) is 6.05. The minimum absolute atomic E-state index is 0.147. The Balaban J connectivity index is 1.75. The summed E-state index contributed by atoms with van der Waals surface area (Å²) in [6.45, 7) is 0. The molecular weight excluding hydrogens is 392 g/mol. The van der Waals surface area contributed by atoms with E-state index in [0.717, 1.165) is 5.69 Å². The Morgan fingerprint density at radius 1 is 0.862 bits per heavy atom. The molecule has 0 saturated heterocycles. The highest BCUT2D eigenvalue weighted by Crippen LogP contribution is 2.21. The summed E-state index contributed by atoms with van der Waals surface area (Å²) in [7, 11) is -0.600. The molecule has 10 heteroatoms. The standard InChI is InChI=1S/C19H20N6O3S/c1-20-19(26)13-6-8-14(9-7-13)24-17-11-18(23-12-22-17)25-15-4-3-5-16(10-15)29(27,28)21-2/h3-12,21H,1-2H3,(H,20,26)(H2,22,23,24,25). The van der Waals surface area contributed by atoms with Crippen molar-refractivity contribution >= 4 is 38.9 Å². The van der Waals surface area contributed by atoms with Crippen LogP contribution in [0.15, 0.2) is 65.8 Å². The molecule has 0 aliphatic rings. The van der Waals surface area contributed by atoms with Crippen molar-refractivity contribution in [3.8, 4) is 0 Å². The molecule has 1 aromatic heterocycles. The van der Waals surface area contributed by atoms with Gasteiger partial charge in [-0.15, -0.1) is 0 Å². The van der Waals surface area contributed by atoms with Gasteiger partial charge in [0, 0.05) is 30.1 Å². The van der Waals surface area contributed by atoms with Gasteiger partial charge in [0.2, 0.25) is 10.0 Å². The summed E-state index contributed by atoms with van der Waals surface area (Å²) in [6, 6.07) is 15.0. The van der Waals surface area contributed by atoms with Crippen LogP contribution in [0.1, 0.15) is 10.4 Å². The van der Waals surface area contributed by atoms with Crippen molar-refractivity contribution in [1.82, 2.24) is 20.0 Å². The van der Waals surface area contributed by atoms with Crippen molar-refractivity contribution in [2.75, 3.05) is 24.7 Å². The third-order valence-electron chi connectivity index (χ3n) is 4.00. The van der Waals surface area contributed by atoms with Crippen LogP contribution in [0.2, 0.25) is 0 Å². The first kappa shape index (κ1) is 20.2. The number of hydrogen-bond acceptors (Lipinski definition) is 7. The third kappa shape index (κ3) is 5.06. The lowest BCUT2D eigenvalue weighted by molar-refractivity contribution is 0.0963. The van der Waals surface area contributed by atoms with Gasteiger partial charge in [0.15, 0.2) is 0 Å². The fourth-order valence-electron chi connectivity index (χ4n) is 2.50. The predicted octanol–water partition coefficient (Wildman–Crippen LogP) is 2.23. The summed E-state index contributed by atoms with van der Waals surface area (Å²) in [6.07, 6.45) is 1.39. The lowest BCUT2D eigenvalue weighted by Gasteiger charge is -2.10. The van der Waals surface area contributed by atoms with Crippen molar-refractivity contribution in [3.05, 3.63) is 66.5 Å². The highest BCUT2D eigenvalue weighted by molar-refractivity contribution is 7.89. The monoisotopic (exact) mass is 412 g/mol. The van der Waals surface area contributed by atoms with Crippen LogP contribution in [-0.2, 0) is 10.0 Å². The second-order valence-corrected chi connectivity index (χ2v) is 7.82. The first-order chi connectivity index (χ1) is 13.9. The van der Waals surface area contributed by atoms with Crippen molar-refractivity contribution in [1.29, 1.82) is 0 Å². The number of carbonyl (C=O) groups excluding carboxylic acids is 1. The Morgan fingerprint density at radius 2 is 1.52 bits per heavy atom. The second kappa shape index (κ2) is 8.67. The smallest absolute Gasteiger partial charge is 0.251 e. The number of rotatable bonds is 7. The van der Waals surface area contributed by atoms with E-state index < -0.39 is 10.0 Å². The van der Waals surface area contributed by atoms with Crippen LogP contribution in [-0.4, -0.2) is 38.4 Å². The van der Waals surface area contributed by atoms with E-state index in [9.17, 15) is 13.2 Å². The van der Waals surface area contributed by atoms with Gasteiger partial charge in [0.05, 0.1) is 4.90 Å². The average Bonchev–Trinajstić information content (AvgIpc) is 2.74. The number of hydrogen-bond donors (Lipinski definition) is 4. The van der Waals surface area contributed by atoms with Crippen molar-refractivity contribution in [2.45, 2.75) is 4.90 Å². The summed E-state index contributed by atoms with van der Waals surface area (Å²) in [4.78, 5) is 20.1. The molecule has 0 atom stereocenters. The van der Waals surface area contributed by atoms with Gasteiger partial charge in [-0.25, -0.2) is 23.1 Å². The largest absolute Gasteiger partial charge is 0.355 e. The fraction of sp³-hybridized carbons (Fsp3) is 0.105. The van der Waals surface area contributed by atoms with E-state index in [-0.39, 0.29) is 10.8 Å². The maximum Gasteiger partial charge on any atom is 0.251 e. The van der Waals surface area contributed by atoms with Gasteiger partial charge in [-0.1, -0.05) is 6.07 Å². The minimum atomic E-state index is -3.54. The van der Waals surface area contributed by atoms with E-state index in [2.05, 4.69) is 30.6 Å². The van der Waals surface area contributed by atoms with Crippen LogP contribution >= 0.6 is 0 Å². The van der Waals surface area contributed by atoms with Gasteiger partial charge < -0.3 is 16.0 Å². The van der Waals surface area contributed by atoms with Gasteiger partial charge in [-0.05, 0) is 49.5 Å². The second-order valence-electron chi connectivity index (χ2n) is 5.93. The number of nitrogens with one attached hydrogen (secondary N) is 4. The van der Waals surface area contributed by atoms with Gasteiger partial charge in [0.25, 0.3) is 5.91 Å². The zero-order valence-corrected chi connectivity index (χ0v) is 16.6. The van der Waals surface area contributed by atoms with Crippen LogP contribution in [0.25, 0.3) is 0 Å². The molecule has 0 spiro atoms. The summed E-state index contributed by atoms with van der Waals surface area (Å²) in [5.74, 6) is 0.866. The summed E-state index contributed by atoms with van der Waals surface area (Å²) < 4.78 is 26.2. The van der Waals surface area contributed by atoms with Crippen molar-refractivity contribution in [3.63, 3.8) is 0 Å². The number of benzene rings is 2. The van der Waals surface area contributed by atoms with Crippen LogP contribution in [0, 0.1) is 0 Å². The van der Waals surface area contributed by atoms with Crippen molar-refractivity contribution in [2.24, 2.45) is 0 Å². The number of aromatic nitrogens is 2. The highest BCUT2D eigenvalue weighted by Gasteiger charge is 2.11. The normalized spacial score (nSPS) is 11.0. The summed E-state index contributed by atoms with van der Waals surface area (Å²) in [5, 5.41) is 8.76. The Morgan fingerprint density at radius 3 is 2.14 bits per heavy atom. The molecule has 0 unspecified atom stereocenters. The molecule has 0 radical (unpaired) electrons. The van der Waals surface area contributed by atoms with E-state index in [0.29, 0.717) is 22.9 Å².